The van der Waals surface area contributed by atoms with E-state index in [0.29, 0.717) is 5.92 Å². The van der Waals surface area contributed by atoms with Gasteiger partial charge in [0, 0.05) is 19.1 Å². The third-order valence-corrected chi connectivity index (χ3v) is 5.05. The Morgan fingerprint density at radius 1 is 1.14 bits per heavy atom. The highest BCUT2D eigenvalue weighted by Gasteiger charge is 2.34. The zero-order valence-electron chi connectivity index (χ0n) is 12.4. The summed E-state index contributed by atoms with van der Waals surface area (Å²) in [5, 5.41) is 9.22. The molecule has 0 amide bonds. The van der Waals surface area contributed by atoms with Gasteiger partial charge in [-0.25, -0.2) is 0 Å². The van der Waals surface area contributed by atoms with Gasteiger partial charge in [0.05, 0.1) is 11.6 Å². The number of nitrogens with zero attached hydrogens (tertiary/aromatic N) is 2. The molecule has 0 radical (unpaired) electrons. The molecule has 2 aliphatic rings. The highest BCUT2D eigenvalue weighted by molar-refractivity contribution is 5.85. The lowest BCUT2D eigenvalue weighted by molar-refractivity contribution is 0.0367. The van der Waals surface area contributed by atoms with Gasteiger partial charge in [0.2, 0.25) is 0 Å². The Balaban J connectivity index is 0.00000161. The zero-order chi connectivity index (χ0) is 13.9. The van der Waals surface area contributed by atoms with Gasteiger partial charge in [-0.3, -0.25) is 4.90 Å². The summed E-state index contributed by atoms with van der Waals surface area (Å²) >= 11 is 0. The number of nitriles is 1. The predicted octanol–water partition coefficient (Wildman–Crippen LogP) is 2.90. The van der Waals surface area contributed by atoms with E-state index in [1.165, 1.54) is 44.3 Å². The molecular formula is C17H24ClN3. The lowest BCUT2D eigenvalue weighted by atomic mass is 9.78. The first kappa shape index (κ1) is 16.3. The Morgan fingerprint density at radius 3 is 2.43 bits per heavy atom. The van der Waals surface area contributed by atoms with E-state index in [9.17, 15) is 5.26 Å². The molecule has 21 heavy (non-hydrogen) atoms. The second kappa shape index (κ2) is 7.26. The standard InChI is InChI=1S/C17H23N3.ClH/c18-9-13-11-20(12-13)16-7-5-14(6-8-16)17-4-2-1-3-15(17)10-19;/h1-4,13-14,16H,5-9,11-12,18H2;1H. The summed E-state index contributed by atoms with van der Waals surface area (Å²) in [5.74, 6) is 1.31. The molecule has 1 saturated heterocycles. The molecule has 1 aromatic rings. The summed E-state index contributed by atoms with van der Waals surface area (Å²) in [6.07, 6.45) is 4.96. The normalized spacial score (nSPS) is 26.5. The number of nitrogens with two attached hydrogens (primary N) is 1. The summed E-state index contributed by atoms with van der Waals surface area (Å²) in [4.78, 5) is 2.60. The van der Waals surface area contributed by atoms with Crippen molar-refractivity contribution in [1.82, 2.24) is 4.90 Å². The molecular weight excluding hydrogens is 282 g/mol. The monoisotopic (exact) mass is 305 g/mol. The van der Waals surface area contributed by atoms with Gasteiger partial charge >= 0.3 is 0 Å². The maximum Gasteiger partial charge on any atom is 0.0994 e. The second-order valence-electron chi connectivity index (χ2n) is 6.26. The molecule has 1 saturated carbocycles. The molecule has 1 aromatic carbocycles. The van der Waals surface area contributed by atoms with Crippen LogP contribution in [0.1, 0.15) is 42.7 Å². The summed E-state index contributed by atoms with van der Waals surface area (Å²) in [5.41, 5.74) is 7.82. The van der Waals surface area contributed by atoms with Gasteiger partial charge in [-0.15, -0.1) is 12.4 Å². The van der Waals surface area contributed by atoms with E-state index >= 15 is 0 Å². The summed E-state index contributed by atoms with van der Waals surface area (Å²) in [6.45, 7) is 3.22. The number of rotatable bonds is 3. The fourth-order valence-corrected chi connectivity index (χ4v) is 3.76. The van der Waals surface area contributed by atoms with Gasteiger partial charge in [-0.1, -0.05) is 18.2 Å². The first-order chi connectivity index (χ1) is 9.81. The third kappa shape index (κ3) is 3.40. The van der Waals surface area contributed by atoms with Crippen LogP contribution in [0.2, 0.25) is 0 Å². The highest BCUT2D eigenvalue weighted by atomic mass is 35.5. The largest absolute Gasteiger partial charge is 0.330 e. The van der Waals surface area contributed by atoms with Gasteiger partial charge in [-0.2, -0.15) is 5.26 Å². The van der Waals surface area contributed by atoms with Crippen LogP contribution in [0.5, 0.6) is 0 Å². The minimum absolute atomic E-state index is 0. The molecule has 1 aliphatic carbocycles. The van der Waals surface area contributed by atoms with Crippen LogP contribution in [-0.4, -0.2) is 30.6 Å². The maximum atomic E-state index is 9.22. The molecule has 1 heterocycles. The molecule has 114 valence electrons. The van der Waals surface area contributed by atoms with Crippen LogP contribution in [0.25, 0.3) is 0 Å². The molecule has 0 unspecified atom stereocenters. The van der Waals surface area contributed by atoms with E-state index in [1.54, 1.807) is 0 Å². The minimum Gasteiger partial charge on any atom is -0.330 e. The summed E-state index contributed by atoms with van der Waals surface area (Å²) < 4.78 is 0. The van der Waals surface area contributed by atoms with Crippen molar-refractivity contribution in [2.45, 2.75) is 37.6 Å². The van der Waals surface area contributed by atoms with Crippen LogP contribution < -0.4 is 5.73 Å². The van der Waals surface area contributed by atoms with Gasteiger partial charge in [0.15, 0.2) is 0 Å². The first-order valence-electron chi connectivity index (χ1n) is 7.75. The Labute approximate surface area is 133 Å². The Morgan fingerprint density at radius 2 is 1.81 bits per heavy atom. The quantitative estimate of drug-likeness (QED) is 0.934. The van der Waals surface area contributed by atoms with Crippen molar-refractivity contribution in [3.8, 4) is 6.07 Å². The Hall–Kier alpha value is -1.08. The Kier molecular flexibility index (Phi) is 5.64. The van der Waals surface area contributed by atoms with Crippen LogP contribution >= 0.6 is 12.4 Å². The zero-order valence-corrected chi connectivity index (χ0v) is 13.2. The van der Waals surface area contributed by atoms with Crippen molar-refractivity contribution in [2.24, 2.45) is 11.7 Å². The smallest absolute Gasteiger partial charge is 0.0994 e. The average Bonchev–Trinajstić information content (AvgIpc) is 2.47. The molecule has 2 fully saturated rings. The molecule has 2 N–H and O–H groups in total. The van der Waals surface area contributed by atoms with Gasteiger partial charge in [-0.05, 0) is 55.7 Å². The van der Waals surface area contributed by atoms with Crippen LogP contribution in [0.4, 0.5) is 0 Å². The first-order valence-corrected chi connectivity index (χ1v) is 7.75. The number of likely N-dealkylation sites (tertiary alicyclic amines) is 1. The van der Waals surface area contributed by atoms with E-state index in [2.05, 4.69) is 23.1 Å². The SMILES string of the molecule is Cl.N#Cc1ccccc1C1CCC(N2CC(CN)C2)CC1. The van der Waals surface area contributed by atoms with Crippen molar-refractivity contribution in [3.05, 3.63) is 35.4 Å². The topological polar surface area (TPSA) is 53.0 Å². The van der Waals surface area contributed by atoms with Gasteiger partial charge < -0.3 is 5.73 Å². The highest BCUT2D eigenvalue weighted by Crippen LogP contribution is 2.37. The van der Waals surface area contributed by atoms with Crippen molar-refractivity contribution >= 4 is 12.4 Å². The van der Waals surface area contributed by atoms with E-state index in [0.717, 1.165) is 24.1 Å². The fourth-order valence-electron chi connectivity index (χ4n) is 3.76. The van der Waals surface area contributed by atoms with E-state index < -0.39 is 0 Å². The fraction of sp³-hybridized carbons (Fsp3) is 0.588. The van der Waals surface area contributed by atoms with Gasteiger partial charge in [0.1, 0.15) is 0 Å². The molecule has 0 bridgehead atoms. The van der Waals surface area contributed by atoms with Crippen LogP contribution in [0.3, 0.4) is 0 Å². The molecule has 3 rings (SSSR count). The number of halogens is 1. The second-order valence-corrected chi connectivity index (χ2v) is 6.26. The number of hydrogen-bond acceptors (Lipinski definition) is 3. The third-order valence-electron chi connectivity index (χ3n) is 5.05. The maximum absolute atomic E-state index is 9.22. The van der Waals surface area contributed by atoms with E-state index in [-0.39, 0.29) is 12.4 Å². The van der Waals surface area contributed by atoms with E-state index in [4.69, 9.17) is 5.73 Å². The number of hydrogen-bond donors (Lipinski definition) is 1. The van der Waals surface area contributed by atoms with Crippen LogP contribution in [0, 0.1) is 17.2 Å². The molecule has 0 atom stereocenters. The van der Waals surface area contributed by atoms with E-state index in [1.807, 2.05) is 12.1 Å². The van der Waals surface area contributed by atoms with Crippen molar-refractivity contribution in [3.63, 3.8) is 0 Å². The lowest BCUT2D eigenvalue weighted by Crippen LogP contribution is -2.55. The van der Waals surface area contributed by atoms with Crippen molar-refractivity contribution in [2.75, 3.05) is 19.6 Å². The Bertz CT molecular complexity index is 497. The van der Waals surface area contributed by atoms with Crippen LogP contribution in [0.15, 0.2) is 24.3 Å². The average molecular weight is 306 g/mol. The van der Waals surface area contributed by atoms with Crippen molar-refractivity contribution in [1.29, 1.82) is 5.26 Å². The minimum atomic E-state index is 0. The lowest BCUT2D eigenvalue weighted by Gasteiger charge is -2.46. The summed E-state index contributed by atoms with van der Waals surface area (Å²) in [7, 11) is 0. The van der Waals surface area contributed by atoms with Crippen molar-refractivity contribution < 1.29 is 0 Å². The van der Waals surface area contributed by atoms with Crippen LogP contribution in [-0.2, 0) is 0 Å². The molecule has 4 heteroatoms. The van der Waals surface area contributed by atoms with Gasteiger partial charge in [0.25, 0.3) is 0 Å². The molecule has 0 spiro atoms. The predicted molar refractivity (Wildman–Crippen MR) is 87.5 cm³/mol. The number of benzene rings is 1. The molecule has 1 aliphatic heterocycles. The summed E-state index contributed by atoms with van der Waals surface area (Å²) in [6, 6.07) is 11.2. The molecule has 0 aromatic heterocycles. The molecule has 3 nitrogen and oxygen atoms in total.